The van der Waals surface area contributed by atoms with Crippen molar-refractivity contribution in [2.45, 2.75) is 77.6 Å². The Labute approximate surface area is 98.5 Å². The zero-order valence-electron chi connectivity index (χ0n) is 10.5. The molecule has 1 aliphatic rings. The summed E-state index contributed by atoms with van der Waals surface area (Å²) in [7, 11) is 0. The van der Waals surface area contributed by atoms with E-state index in [2.05, 4.69) is 6.92 Å². The van der Waals surface area contributed by atoms with Crippen LogP contribution >= 0.6 is 0 Å². The number of rotatable bonds is 5. The average molecular weight is 228 g/mol. The lowest BCUT2D eigenvalue weighted by Gasteiger charge is -2.21. The van der Waals surface area contributed by atoms with E-state index in [4.69, 9.17) is 9.47 Å². The van der Waals surface area contributed by atoms with E-state index in [0.29, 0.717) is 6.10 Å². The minimum atomic E-state index is -0.299. The minimum absolute atomic E-state index is 0.237. The number of ether oxygens (including phenoxy) is 2. The molecule has 16 heavy (non-hydrogen) atoms. The molecule has 1 heterocycles. The lowest BCUT2D eigenvalue weighted by molar-refractivity contribution is -0.187. The highest BCUT2D eigenvalue weighted by molar-refractivity contribution is 5.66. The molecular weight excluding hydrogens is 204 g/mol. The van der Waals surface area contributed by atoms with E-state index in [9.17, 15) is 4.79 Å². The molecule has 2 atom stereocenters. The molecule has 3 nitrogen and oxygen atoms in total. The first kappa shape index (κ1) is 13.5. The van der Waals surface area contributed by atoms with E-state index in [-0.39, 0.29) is 12.3 Å². The molecule has 0 saturated carbocycles. The third-order valence-corrected chi connectivity index (χ3v) is 2.99. The van der Waals surface area contributed by atoms with Gasteiger partial charge in [0.05, 0.1) is 6.10 Å². The normalized spacial score (nSPS) is 26.1. The van der Waals surface area contributed by atoms with Crippen LogP contribution in [0.5, 0.6) is 0 Å². The molecule has 2 unspecified atom stereocenters. The predicted octanol–water partition coefficient (Wildman–Crippen LogP) is 3.42. The van der Waals surface area contributed by atoms with Crippen LogP contribution in [-0.2, 0) is 14.3 Å². The van der Waals surface area contributed by atoms with E-state index < -0.39 is 0 Å². The number of esters is 1. The van der Waals surface area contributed by atoms with Gasteiger partial charge >= 0.3 is 5.97 Å². The molecule has 0 aromatic carbocycles. The topological polar surface area (TPSA) is 35.5 Å². The van der Waals surface area contributed by atoms with Gasteiger partial charge in [0, 0.05) is 13.3 Å². The summed E-state index contributed by atoms with van der Waals surface area (Å²) in [6.07, 6.45) is 9.06. The fraction of sp³-hybridized carbons (Fsp3) is 0.923. The Morgan fingerprint density at radius 1 is 1.31 bits per heavy atom. The molecule has 0 aromatic rings. The van der Waals surface area contributed by atoms with Crippen molar-refractivity contribution in [1.29, 1.82) is 0 Å². The molecule has 1 saturated heterocycles. The summed E-state index contributed by atoms with van der Waals surface area (Å²) in [4.78, 5) is 10.9. The molecule has 0 N–H and O–H groups in total. The van der Waals surface area contributed by atoms with E-state index in [1.165, 1.54) is 32.6 Å². The van der Waals surface area contributed by atoms with Gasteiger partial charge in [-0.05, 0) is 19.3 Å². The summed E-state index contributed by atoms with van der Waals surface area (Å²) in [5.41, 5.74) is 0. The Hall–Kier alpha value is -0.570. The number of hydrogen-bond donors (Lipinski definition) is 0. The Morgan fingerprint density at radius 2 is 2.06 bits per heavy atom. The molecule has 1 fully saturated rings. The standard InChI is InChI=1S/C13H24O3/c1-3-4-5-8-12-9-6-7-10-13(16-12)15-11(2)14/h12-13H,3-10H2,1-2H3. The van der Waals surface area contributed by atoms with Gasteiger partial charge < -0.3 is 9.47 Å². The van der Waals surface area contributed by atoms with Crippen LogP contribution in [-0.4, -0.2) is 18.4 Å². The monoisotopic (exact) mass is 228 g/mol. The van der Waals surface area contributed by atoms with Crippen molar-refractivity contribution in [3.63, 3.8) is 0 Å². The highest BCUT2D eigenvalue weighted by Crippen LogP contribution is 2.22. The van der Waals surface area contributed by atoms with Gasteiger partial charge in [-0.2, -0.15) is 0 Å². The van der Waals surface area contributed by atoms with Gasteiger partial charge in [0.25, 0.3) is 0 Å². The summed E-state index contributed by atoms with van der Waals surface area (Å²) < 4.78 is 11.0. The van der Waals surface area contributed by atoms with Crippen LogP contribution in [0, 0.1) is 0 Å². The number of unbranched alkanes of at least 4 members (excludes halogenated alkanes) is 2. The zero-order valence-corrected chi connectivity index (χ0v) is 10.5. The van der Waals surface area contributed by atoms with Crippen LogP contribution in [0.25, 0.3) is 0 Å². The predicted molar refractivity (Wildman–Crippen MR) is 63.0 cm³/mol. The maximum absolute atomic E-state index is 10.9. The van der Waals surface area contributed by atoms with Crippen molar-refractivity contribution in [2.75, 3.05) is 0 Å². The maximum atomic E-state index is 10.9. The first-order chi connectivity index (χ1) is 7.72. The van der Waals surface area contributed by atoms with Crippen LogP contribution in [0.15, 0.2) is 0 Å². The zero-order chi connectivity index (χ0) is 11.8. The molecule has 0 bridgehead atoms. The van der Waals surface area contributed by atoms with Gasteiger partial charge in [0.15, 0.2) is 0 Å². The molecule has 1 rings (SSSR count). The van der Waals surface area contributed by atoms with Gasteiger partial charge in [-0.15, -0.1) is 0 Å². The lowest BCUT2D eigenvalue weighted by Crippen LogP contribution is -2.24. The van der Waals surface area contributed by atoms with Gasteiger partial charge in [0.2, 0.25) is 6.29 Å². The highest BCUT2D eigenvalue weighted by atomic mass is 16.7. The van der Waals surface area contributed by atoms with Crippen LogP contribution in [0.2, 0.25) is 0 Å². The molecule has 94 valence electrons. The number of carbonyl (C=O) groups is 1. The summed E-state index contributed by atoms with van der Waals surface area (Å²) in [6, 6.07) is 0. The van der Waals surface area contributed by atoms with Crippen molar-refractivity contribution in [3.8, 4) is 0 Å². The molecule has 0 aromatic heterocycles. The van der Waals surface area contributed by atoms with Gasteiger partial charge in [0.1, 0.15) is 0 Å². The highest BCUT2D eigenvalue weighted by Gasteiger charge is 2.21. The van der Waals surface area contributed by atoms with E-state index in [1.54, 1.807) is 0 Å². The van der Waals surface area contributed by atoms with Crippen molar-refractivity contribution in [3.05, 3.63) is 0 Å². The summed E-state index contributed by atoms with van der Waals surface area (Å²) in [5, 5.41) is 0. The van der Waals surface area contributed by atoms with Crippen molar-refractivity contribution < 1.29 is 14.3 Å². The second-order valence-corrected chi connectivity index (χ2v) is 4.58. The molecule has 0 aliphatic carbocycles. The second kappa shape index (κ2) is 7.66. The van der Waals surface area contributed by atoms with E-state index >= 15 is 0 Å². The Morgan fingerprint density at radius 3 is 2.75 bits per heavy atom. The average Bonchev–Trinajstić information content (AvgIpc) is 2.43. The quantitative estimate of drug-likeness (QED) is 0.534. The lowest BCUT2D eigenvalue weighted by atomic mass is 10.1. The molecule has 3 heteroatoms. The fourth-order valence-corrected chi connectivity index (χ4v) is 2.14. The fourth-order valence-electron chi connectivity index (χ4n) is 2.14. The van der Waals surface area contributed by atoms with Crippen LogP contribution < -0.4 is 0 Å². The Balaban J connectivity index is 2.30. The largest absolute Gasteiger partial charge is 0.436 e. The SMILES string of the molecule is CCCCCC1CCCCC(OC(C)=O)O1. The van der Waals surface area contributed by atoms with Crippen molar-refractivity contribution >= 4 is 5.97 Å². The molecular formula is C13H24O3. The van der Waals surface area contributed by atoms with Gasteiger partial charge in [-0.1, -0.05) is 32.6 Å². The minimum Gasteiger partial charge on any atom is -0.436 e. The summed E-state index contributed by atoms with van der Waals surface area (Å²) in [6.45, 7) is 3.65. The van der Waals surface area contributed by atoms with Crippen LogP contribution in [0.3, 0.4) is 0 Å². The van der Waals surface area contributed by atoms with Crippen LogP contribution in [0.4, 0.5) is 0 Å². The molecule has 0 spiro atoms. The smallest absolute Gasteiger partial charge is 0.304 e. The Kier molecular flexibility index (Phi) is 6.46. The maximum Gasteiger partial charge on any atom is 0.304 e. The van der Waals surface area contributed by atoms with Gasteiger partial charge in [-0.3, -0.25) is 4.79 Å². The number of carbonyl (C=O) groups excluding carboxylic acids is 1. The third-order valence-electron chi connectivity index (χ3n) is 2.99. The first-order valence-electron chi connectivity index (χ1n) is 6.55. The summed E-state index contributed by atoms with van der Waals surface area (Å²) >= 11 is 0. The molecule has 1 aliphatic heterocycles. The molecule has 0 radical (unpaired) electrons. The summed E-state index contributed by atoms with van der Waals surface area (Å²) in [5.74, 6) is -0.237. The Bertz CT molecular complexity index is 203. The van der Waals surface area contributed by atoms with Gasteiger partial charge in [-0.25, -0.2) is 0 Å². The third kappa shape index (κ3) is 5.50. The number of hydrogen-bond acceptors (Lipinski definition) is 3. The second-order valence-electron chi connectivity index (χ2n) is 4.58. The van der Waals surface area contributed by atoms with Crippen molar-refractivity contribution in [2.24, 2.45) is 0 Å². The first-order valence-corrected chi connectivity index (χ1v) is 6.55. The molecule has 0 amide bonds. The van der Waals surface area contributed by atoms with E-state index in [1.807, 2.05) is 0 Å². The van der Waals surface area contributed by atoms with Crippen molar-refractivity contribution in [1.82, 2.24) is 0 Å². The van der Waals surface area contributed by atoms with E-state index in [0.717, 1.165) is 25.7 Å². The van der Waals surface area contributed by atoms with Crippen LogP contribution in [0.1, 0.15) is 65.2 Å².